The van der Waals surface area contributed by atoms with E-state index in [1.165, 1.54) is 7.11 Å². The maximum atomic E-state index is 11.6. The minimum Gasteiger partial charge on any atom is -0.393 e. The van der Waals surface area contributed by atoms with Crippen molar-refractivity contribution in [2.24, 2.45) is 11.1 Å². The Kier molecular flexibility index (Phi) is 3.18. The fraction of sp³-hybridized carbons (Fsp3) is 0.875. The summed E-state index contributed by atoms with van der Waals surface area (Å²) in [6.45, 7) is 1.93. The van der Waals surface area contributed by atoms with E-state index in [0.29, 0.717) is 13.0 Å². The third-order valence-electron chi connectivity index (χ3n) is 2.73. The number of nitrogens with two attached hydrogens (primary N) is 1. The highest BCUT2D eigenvalue weighted by Gasteiger charge is 2.62. The van der Waals surface area contributed by atoms with Crippen molar-refractivity contribution in [3.8, 4) is 0 Å². The van der Waals surface area contributed by atoms with Crippen LogP contribution in [0.3, 0.4) is 0 Å². The first-order valence-corrected chi connectivity index (χ1v) is 6.53. The van der Waals surface area contributed by atoms with Gasteiger partial charge in [0.1, 0.15) is 0 Å². The first-order chi connectivity index (χ1) is 6.40. The Morgan fingerprint density at radius 2 is 2.29 bits per heavy atom. The zero-order chi connectivity index (χ0) is 11.0. The quantitative estimate of drug-likeness (QED) is 0.687. The van der Waals surface area contributed by atoms with Crippen LogP contribution in [0.2, 0.25) is 0 Å². The number of rotatable bonds is 5. The summed E-state index contributed by atoms with van der Waals surface area (Å²) in [6, 6.07) is 0. The van der Waals surface area contributed by atoms with E-state index >= 15 is 0 Å². The van der Waals surface area contributed by atoms with Gasteiger partial charge in [0.05, 0.1) is 22.3 Å². The van der Waals surface area contributed by atoms with Gasteiger partial charge in [-0.2, -0.15) is 0 Å². The lowest BCUT2D eigenvalue weighted by molar-refractivity contribution is 0.169. The summed E-state index contributed by atoms with van der Waals surface area (Å²) in [5.74, 6) is 0.131. The van der Waals surface area contributed by atoms with Gasteiger partial charge in [-0.25, -0.2) is 8.42 Å². The molecule has 0 radical (unpaired) electrons. The molecular weight excluding hydrogens is 222 g/mol. The van der Waals surface area contributed by atoms with Gasteiger partial charge in [0.15, 0.2) is 9.84 Å². The van der Waals surface area contributed by atoms with Crippen molar-refractivity contribution in [1.82, 2.24) is 0 Å². The van der Waals surface area contributed by atoms with E-state index in [9.17, 15) is 8.42 Å². The molecule has 1 rings (SSSR count). The van der Waals surface area contributed by atoms with Crippen LogP contribution in [0.15, 0.2) is 0 Å². The molecule has 0 unspecified atom stereocenters. The molecule has 14 heavy (non-hydrogen) atoms. The van der Waals surface area contributed by atoms with Crippen molar-refractivity contribution >= 4 is 27.0 Å². The minimum atomic E-state index is -3.05. The Labute approximate surface area is 89.7 Å². The molecule has 0 aromatic rings. The van der Waals surface area contributed by atoms with E-state index in [1.807, 2.05) is 0 Å². The molecule has 2 N–H and O–H groups in total. The molecule has 0 aromatic carbocycles. The van der Waals surface area contributed by atoms with E-state index < -0.39 is 20.5 Å². The van der Waals surface area contributed by atoms with Crippen LogP contribution in [0.5, 0.6) is 0 Å². The predicted octanol–water partition coefficient (Wildman–Crippen LogP) is 0.112. The Morgan fingerprint density at radius 3 is 2.64 bits per heavy atom. The molecule has 1 aliphatic carbocycles. The van der Waals surface area contributed by atoms with Gasteiger partial charge in [-0.15, -0.1) is 0 Å². The van der Waals surface area contributed by atoms with E-state index in [4.69, 9.17) is 22.7 Å². The molecule has 0 bridgehead atoms. The smallest absolute Gasteiger partial charge is 0.153 e. The van der Waals surface area contributed by atoms with Crippen LogP contribution in [0.25, 0.3) is 0 Å². The van der Waals surface area contributed by atoms with Gasteiger partial charge in [-0.05, 0) is 6.42 Å². The highest BCUT2D eigenvalue weighted by atomic mass is 32.2. The molecular formula is C8H15NO3S2. The predicted molar refractivity (Wildman–Crippen MR) is 59.0 cm³/mol. The normalized spacial score (nSPS) is 31.4. The van der Waals surface area contributed by atoms with Crippen molar-refractivity contribution in [3.63, 3.8) is 0 Å². The fourth-order valence-electron chi connectivity index (χ4n) is 1.68. The number of hydrogen-bond acceptors (Lipinski definition) is 4. The van der Waals surface area contributed by atoms with Crippen molar-refractivity contribution < 1.29 is 13.2 Å². The molecule has 0 saturated heterocycles. The molecule has 6 heteroatoms. The molecule has 82 valence electrons. The van der Waals surface area contributed by atoms with Crippen LogP contribution in [0.4, 0.5) is 0 Å². The number of hydrogen-bond donors (Lipinski definition) is 1. The number of ether oxygens (including phenoxy) is 1. The van der Waals surface area contributed by atoms with Gasteiger partial charge < -0.3 is 10.5 Å². The van der Waals surface area contributed by atoms with Crippen LogP contribution >= 0.6 is 12.2 Å². The lowest BCUT2D eigenvalue weighted by Crippen LogP contribution is -2.33. The van der Waals surface area contributed by atoms with Crippen molar-refractivity contribution in [2.75, 3.05) is 19.5 Å². The number of methoxy groups -OCH3 is 1. The molecule has 0 aromatic heterocycles. The first-order valence-electron chi connectivity index (χ1n) is 4.41. The standard InChI is InChI=1S/C8H15NO3S2/c1-3-14(10,11)6-4-8(6,5-12-2)7(9)13/h6H,3-5H2,1-2H3,(H2,9,13)/t6-,8+/m1/s1. The van der Waals surface area contributed by atoms with Gasteiger partial charge in [0.2, 0.25) is 0 Å². The van der Waals surface area contributed by atoms with Crippen LogP contribution < -0.4 is 5.73 Å². The number of sulfone groups is 1. The Bertz CT molecular complexity index is 338. The summed E-state index contributed by atoms with van der Waals surface area (Å²) in [5, 5.41) is -0.433. The lowest BCUT2D eigenvalue weighted by Gasteiger charge is -2.14. The lowest BCUT2D eigenvalue weighted by atomic mass is 10.1. The van der Waals surface area contributed by atoms with Gasteiger partial charge in [0, 0.05) is 12.9 Å². The summed E-state index contributed by atoms with van der Waals surface area (Å²) in [7, 11) is -1.53. The molecule has 0 spiro atoms. The summed E-state index contributed by atoms with van der Waals surface area (Å²) < 4.78 is 28.1. The molecule has 2 atom stereocenters. The minimum absolute atomic E-state index is 0.131. The van der Waals surface area contributed by atoms with E-state index in [1.54, 1.807) is 6.92 Å². The molecule has 1 fully saturated rings. The maximum Gasteiger partial charge on any atom is 0.153 e. The Morgan fingerprint density at radius 1 is 1.71 bits per heavy atom. The summed E-state index contributed by atoms with van der Waals surface area (Å²) in [5.41, 5.74) is 4.95. The van der Waals surface area contributed by atoms with Crippen LogP contribution in [0.1, 0.15) is 13.3 Å². The van der Waals surface area contributed by atoms with E-state index in [-0.39, 0.29) is 10.7 Å². The summed E-state index contributed by atoms with van der Waals surface area (Å²) in [6.07, 6.45) is 0.506. The van der Waals surface area contributed by atoms with Gasteiger partial charge in [-0.1, -0.05) is 19.1 Å². The summed E-state index contributed by atoms with van der Waals surface area (Å²) >= 11 is 4.89. The SMILES string of the molecule is CCS(=O)(=O)[C@@H]1C[C@@]1(COC)C(N)=S. The van der Waals surface area contributed by atoms with Gasteiger partial charge in [-0.3, -0.25) is 0 Å². The highest BCUT2D eigenvalue weighted by Crippen LogP contribution is 2.51. The zero-order valence-corrected chi connectivity index (χ0v) is 9.95. The molecule has 4 nitrogen and oxygen atoms in total. The van der Waals surface area contributed by atoms with Crippen LogP contribution in [0, 0.1) is 5.41 Å². The van der Waals surface area contributed by atoms with Crippen LogP contribution in [-0.4, -0.2) is 38.1 Å². The molecule has 0 amide bonds. The van der Waals surface area contributed by atoms with Gasteiger partial charge in [0.25, 0.3) is 0 Å². The summed E-state index contributed by atoms with van der Waals surface area (Å²) in [4.78, 5) is 0.251. The number of thiocarbonyl (C=S) groups is 1. The second-order valence-electron chi connectivity index (χ2n) is 3.60. The van der Waals surface area contributed by atoms with Crippen molar-refractivity contribution in [2.45, 2.75) is 18.6 Å². The Balaban J connectivity index is 2.86. The highest BCUT2D eigenvalue weighted by molar-refractivity contribution is 7.92. The third kappa shape index (κ3) is 1.78. The van der Waals surface area contributed by atoms with E-state index in [0.717, 1.165) is 0 Å². The topological polar surface area (TPSA) is 69.4 Å². The van der Waals surface area contributed by atoms with E-state index in [2.05, 4.69) is 0 Å². The molecule has 1 saturated carbocycles. The Hall–Kier alpha value is -0.200. The second-order valence-corrected chi connectivity index (χ2v) is 6.51. The molecule has 1 aliphatic rings. The van der Waals surface area contributed by atoms with Crippen molar-refractivity contribution in [1.29, 1.82) is 0 Å². The fourth-order valence-corrected chi connectivity index (χ4v) is 3.88. The monoisotopic (exact) mass is 237 g/mol. The average molecular weight is 237 g/mol. The zero-order valence-electron chi connectivity index (χ0n) is 8.32. The molecule has 0 heterocycles. The second kappa shape index (κ2) is 3.75. The average Bonchev–Trinajstić information content (AvgIpc) is 2.82. The van der Waals surface area contributed by atoms with Gasteiger partial charge >= 0.3 is 0 Å². The van der Waals surface area contributed by atoms with Crippen LogP contribution in [-0.2, 0) is 14.6 Å². The van der Waals surface area contributed by atoms with Crippen molar-refractivity contribution in [3.05, 3.63) is 0 Å². The first kappa shape index (κ1) is 11.9. The maximum absolute atomic E-state index is 11.6. The third-order valence-corrected chi connectivity index (χ3v) is 5.43. The molecule has 0 aliphatic heterocycles. The largest absolute Gasteiger partial charge is 0.393 e.